The van der Waals surface area contributed by atoms with Crippen LogP contribution in [0, 0.1) is 6.92 Å². The number of halogens is 1. The first-order chi connectivity index (χ1) is 6.56. The number of nitrogens with two attached hydrogens (primary N) is 1. The highest BCUT2D eigenvalue weighted by Crippen LogP contribution is 2.12. The van der Waals surface area contributed by atoms with Crippen LogP contribution in [0.5, 0.6) is 0 Å². The third-order valence-electron chi connectivity index (χ3n) is 2.22. The Balaban J connectivity index is 0.00000196. The number of nitrogens with zero attached hydrogens (tertiary/aromatic N) is 1. The summed E-state index contributed by atoms with van der Waals surface area (Å²) in [5, 5.41) is 8.67. The number of hydrogen-bond acceptors (Lipinski definition) is 3. The Labute approximate surface area is 110 Å². The van der Waals surface area contributed by atoms with Crippen molar-refractivity contribution in [3.63, 3.8) is 0 Å². The van der Waals surface area contributed by atoms with E-state index in [9.17, 15) is 4.79 Å². The Hall–Kier alpha value is -0.210. The average Bonchev–Trinajstić information content (AvgIpc) is 2.47. The first-order valence-electron chi connectivity index (χ1n) is 4.51. The van der Waals surface area contributed by atoms with Crippen LogP contribution in [0.15, 0.2) is 5.51 Å². The Bertz CT molecular complexity index is 341. The molecule has 15 heavy (non-hydrogen) atoms. The molecule has 0 aliphatic heterocycles. The molecule has 0 fully saturated rings. The topological polar surface area (TPSA) is 67.2 Å². The predicted molar refractivity (Wildman–Crippen MR) is 54.2 cm³/mol. The number of aromatic nitrogens is 1. The van der Waals surface area contributed by atoms with Crippen LogP contribution in [-0.2, 0) is 17.8 Å². The zero-order valence-corrected chi connectivity index (χ0v) is 11.7. The van der Waals surface area contributed by atoms with Crippen LogP contribution in [0.4, 0.5) is 0 Å². The Morgan fingerprint density at radius 2 is 2.33 bits per heavy atom. The lowest BCUT2D eigenvalue weighted by molar-refractivity contribution is -0.694. The third kappa shape index (κ3) is 3.69. The Kier molecular flexibility index (Phi) is 6.30. The van der Waals surface area contributed by atoms with Gasteiger partial charge in [-0.2, -0.15) is 4.57 Å². The highest BCUT2D eigenvalue weighted by atomic mass is 127. The van der Waals surface area contributed by atoms with Crippen molar-refractivity contribution in [2.75, 3.05) is 0 Å². The minimum absolute atomic E-state index is 0. The molecule has 0 aromatic carbocycles. The summed E-state index contributed by atoms with van der Waals surface area (Å²) in [6, 6.07) is -0.794. The lowest BCUT2D eigenvalue weighted by atomic mass is 10.2. The van der Waals surface area contributed by atoms with Crippen molar-refractivity contribution in [3.8, 4) is 0 Å². The summed E-state index contributed by atoms with van der Waals surface area (Å²) in [4.78, 5) is 11.6. The lowest BCUT2D eigenvalue weighted by Gasteiger charge is -2.02. The SMILES string of the molecule is CC[n+]1csc(C[C@H](N)C(=O)O)c1C.[I-]. The second kappa shape index (κ2) is 6.39. The van der Waals surface area contributed by atoms with Gasteiger partial charge < -0.3 is 34.8 Å². The smallest absolute Gasteiger partial charge is 0.320 e. The van der Waals surface area contributed by atoms with E-state index in [4.69, 9.17) is 10.8 Å². The number of aliphatic carboxylic acids is 1. The maximum absolute atomic E-state index is 10.6. The number of carboxylic acid groups (broad SMARTS) is 1. The Morgan fingerprint density at radius 3 is 2.73 bits per heavy atom. The van der Waals surface area contributed by atoms with Gasteiger partial charge in [-0.3, -0.25) is 4.79 Å². The second-order valence-corrected chi connectivity index (χ2v) is 4.11. The van der Waals surface area contributed by atoms with Gasteiger partial charge in [-0.25, -0.2) is 0 Å². The number of aryl methyl sites for hydroxylation is 1. The monoisotopic (exact) mass is 342 g/mol. The van der Waals surface area contributed by atoms with Crippen LogP contribution >= 0.6 is 11.3 Å². The van der Waals surface area contributed by atoms with E-state index in [-0.39, 0.29) is 24.0 Å². The summed E-state index contributed by atoms with van der Waals surface area (Å²) >= 11 is 1.57. The highest BCUT2D eigenvalue weighted by Gasteiger charge is 2.19. The molecule has 1 aromatic rings. The van der Waals surface area contributed by atoms with E-state index in [0.29, 0.717) is 6.42 Å². The Morgan fingerprint density at radius 1 is 1.73 bits per heavy atom. The summed E-state index contributed by atoms with van der Waals surface area (Å²) in [5.74, 6) is -0.944. The molecule has 86 valence electrons. The maximum atomic E-state index is 10.6. The molecule has 0 unspecified atom stereocenters. The molecule has 0 radical (unpaired) electrons. The van der Waals surface area contributed by atoms with E-state index in [1.165, 1.54) is 0 Å². The van der Waals surface area contributed by atoms with Gasteiger partial charge in [0.15, 0.2) is 5.69 Å². The molecule has 0 bridgehead atoms. The fourth-order valence-corrected chi connectivity index (χ4v) is 2.37. The van der Waals surface area contributed by atoms with E-state index in [1.807, 2.05) is 12.4 Å². The lowest BCUT2D eigenvalue weighted by Crippen LogP contribution is -3.00. The molecular formula is C9H15IN2O2S. The van der Waals surface area contributed by atoms with Crippen molar-refractivity contribution >= 4 is 17.3 Å². The predicted octanol–water partition coefficient (Wildman–Crippen LogP) is -2.68. The standard InChI is InChI=1S/C9H14N2O2S.HI/c1-3-11-5-14-8(6(11)2)4-7(10)9(12)13;/h5,7H,3-4,10H2,1-2H3;1H/t7-;/m0./s1. The molecule has 1 aromatic heterocycles. The molecule has 1 rings (SSSR count). The fourth-order valence-electron chi connectivity index (χ4n) is 1.25. The molecule has 6 heteroatoms. The second-order valence-electron chi connectivity index (χ2n) is 3.17. The van der Waals surface area contributed by atoms with E-state index >= 15 is 0 Å². The first kappa shape index (κ1) is 14.8. The molecule has 0 aliphatic carbocycles. The van der Waals surface area contributed by atoms with Gasteiger partial charge in [-0.15, -0.1) is 0 Å². The summed E-state index contributed by atoms with van der Waals surface area (Å²) < 4.78 is 2.09. The number of hydrogen-bond donors (Lipinski definition) is 2. The molecule has 0 amide bonds. The molecule has 4 nitrogen and oxygen atoms in total. The zero-order chi connectivity index (χ0) is 10.7. The van der Waals surface area contributed by atoms with Crippen LogP contribution in [-0.4, -0.2) is 17.1 Å². The van der Waals surface area contributed by atoms with Crippen LogP contribution < -0.4 is 34.3 Å². The van der Waals surface area contributed by atoms with Gasteiger partial charge in [-0.1, -0.05) is 11.3 Å². The van der Waals surface area contributed by atoms with Gasteiger partial charge in [0, 0.05) is 13.3 Å². The number of rotatable bonds is 4. The third-order valence-corrected chi connectivity index (χ3v) is 3.33. The van der Waals surface area contributed by atoms with Gasteiger partial charge in [0.25, 0.3) is 0 Å². The normalized spacial score (nSPS) is 11.9. The van der Waals surface area contributed by atoms with Crippen LogP contribution in [0.1, 0.15) is 17.5 Å². The van der Waals surface area contributed by atoms with Crippen LogP contribution in [0.3, 0.4) is 0 Å². The van der Waals surface area contributed by atoms with Crippen molar-refractivity contribution in [3.05, 3.63) is 16.1 Å². The summed E-state index contributed by atoms with van der Waals surface area (Å²) in [7, 11) is 0. The molecule has 3 N–H and O–H groups in total. The summed E-state index contributed by atoms with van der Waals surface area (Å²) in [6.07, 6.45) is 0.416. The first-order valence-corrected chi connectivity index (χ1v) is 5.39. The van der Waals surface area contributed by atoms with Crippen molar-refractivity contribution in [2.45, 2.75) is 32.9 Å². The molecule has 0 saturated heterocycles. The quantitative estimate of drug-likeness (QED) is 0.463. The summed E-state index contributed by atoms with van der Waals surface area (Å²) in [6.45, 7) is 4.95. The van der Waals surface area contributed by atoms with Gasteiger partial charge in [-0.05, 0) is 6.92 Å². The van der Waals surface area contributed by atoms with Gasteiger partial charge in [0.2, 0.25) is 5.51 Å². The molecule has 0 spiro atoms. The molecule has 0 aliphatic rings. The molecular weight excluding hydrogens is 327 g/mol. The van der Waals surface area contributed by atoms with Crippen molar-refractivity contribution in [1.29, 1.82) is 0 Å². The molecule has 1 heterocycles. The van der Waals surface area contributed by atoms with Crippen molar-refractivity contribution < 1.29 is 38.4 Å². The van der Waals surface area contributed by atoms with Crippen molar-refractivity contribution in [1.82, 2.24) is 0 Å². The average molecular weight is 342 g/mol. The van der Waals surface area contributed by atoms with E-state index in [1.54, 1.807) is 11.3 Å². The van der Waals surface area contributed by atoms with Crippen LogP contribution in [0.25, 0.3) is 0 Å². The van der Waals surface area contributed by atoms with Crippen LogP contribution in [0.2, 0.25) is 0 Å². The van der Waals surface area contributed by atoms with Crippen molar-refractivity contribution in [2.24, 2.45) is 5.73 Å². The minimum Gasteiger partial charge on any atom is -1.00 e. The number of carbonyl (C=O) groups is 1. The largest absolute Gasteiger partial charge is 1.00 e. The minimum atomic E-state index is -0.944. The van der Waals surface area contributed by atoms with E-state index < -0.39 is 12.0 Å². The van der Waals surface area contributed by atoms with E-state index in [2.05, 4.69) is 11.5 Å². The van der Waals surface area contributed by atoms with Gasteiger partial charge in [0.1, 0.15) is 12.6 Å². The molecule has 1 atom stereocenters. The summed E-state index contributed by atoms with van der Waals surface area (Å²) in [5.41, 5.74) is 8.58. The highest BCUT2D eigenvalue weighted by molar-refractivity contribution is 7.09. The zero-order valence-electron chi connectivity index (χ0n) is 8.74. The number of carboxylic acids is 1. The fraction of sp³-hybridized carbons (Fsp3) is 0.556. The van der Waals surface area contributed by atoms with Gasteiger partial charge in [0.05, 0.1) is 4.88 Å². The number of thiazole rings is 1. The van der Waals surface area contributed by atoms with Gasteiger partial charge >= 0.3 is 5.97 Å². The van der Waals surface area contributed by atoms with E-state index in [0.717, 1.165) is 17.1 Å². The maximum Gasteiger partial charge on any atom is 0.320 e. The molecule has 0 saturated carbocycles.